The van der Waals surface area contributed by atoms with E-state index in [1.165, 1.54) is 22.3 Å². The molecule has 3 heteroatoms. The topological polar surface area (TPSA) is 38.3 Å². The Kier molecular flexibility index (Phi) is 4.89. The highest BCUT2D eigenvalue weighted by atomic mass is 16.5. The van der Waals surface area contributed by atoms with Gasteiger partial charge in [0, 0.05) is 12.0 Å². The number of benzene rings is 2. The Balaban J connectivity index is 1.68. The molecular weight excluding hydrogens is 298 g/mol. The van der Waals surface area contributed by atoms with Crippen LogP contribution in [0.3, 0.4) is 0 Å². The molecule has 2 aromatic carbocycles. The lowest BCUT2D eigenvalue weighted by atomic mass is 9.98. The van der Waals surface area contributed by atoms with E-state index >= 15 is 0 Å². The Morgan fingerprint density at radius 1 is 1.00 bits per heavy atom. The lowest BCUT2D eigenvalue weighted by Crippen LogP contribution is -2.34. The third kappa shape index (κ3) is 3.45. The van der Waals surface area contributed by atoms with Gasteiger partial charge in [0.15, 0.2) is 0 Å². The lowest BCUT2D eigenvalue weighted by molar-refractivity contribution is 0.138. The van der Waals surface area contributed by atoms with Crippen LogP contribution in [-0.2, 0) is 4.74 Å². The van der Waals surface area contributed by atoms with E-state index in [1.54, 1.807) is 0 Å². The monoisotopic (exact) mass is 323 g/mol. The molecule has 126 valence electrons. The van der Waals surface area contributed by atoms with Crippen molar-refractivity contribution < 1.29 is 9.53 Å². The lowest BCUT2D eigenvalue weighted by Gasteiger charge is -2.18. The molecule has 0 heterocycles. The predicted octanol–water partition coefficient (Wildman–Crippen LogP) is 4.96. The van der Waals surface area contributed by atoms with Gasteiger partial charge in [0.2, 0.25) is 0 Å². The summed E-state index contributed by atoms with van der Waals surface area (Å²) in [5.74, 6) is 0.664. The van der Waals surface area contributed by atoms with Crippen LogP contribution in [0.2, 0.25) is 0 Å². The summed E-state index contributed by atoms with van der Waals surface area (Å²) in [6.45, 7) is 6.68. The van der Waals surface area contributed by atoms with Gasteiger partial charge in [-0.2, -0.15) is 0 Å². The molecule has 1 N–H and O–H groups in total. The number of rotatable bonds is 5. The van der Waals surface area contributed by atoms with E-state index < -0.39 is 0 Å². The molecule has 0 saturated heterocycles. The first-order valence-corrected chi connectivity index (χ1v) is 8.67. The van der Waals surface area contributed by atoms with Crippen LogP contribution >= 0.6 is 0 Å². The summed E-state index contributed by atoms with van der Waals surface area (Å²) >= 11 is 0. The van der Waals surface area contributed by atoms with E-state index in [2.05, 4.69) is 55.6 Å². The zero-order valence-electron chi connectivity index (χ0n) is 14.6. The number of amides is 1. The first-order valence-electron chi connectivity index (χ1n) is 8.67. The summed E-state index contributed by atoms with van der Waals surface area (Å²) < 4.78 is 5.54. The van der Waals surface area contributed by atoms with E-state index in [0.29, 0.717) is 12.5 Å². The summed E-state index contributed by atoms with van der Waals surface area (Å²) in [6, 6.07) is 16.9. The Hall–Kier alpha value is -2.29. The first kappa shape index (κ1) is 16.6. The van der Waals surface area contributed by atoms with Crippen molar-refractivity contribution in [2.45, 2.75) is 39.2 Å². The van der Waals surface area contributed by atoms with Crippen LogP contribution in [0.4, 0.5) is 4.79 Å². The van der Waals surface area contributed by atoms with Crippen molar-refractivity contribution in [1.82, 2.24) is 5.32 Å². The molecule has 2 aromatic rings. The summed E-state index contributed by atoms with van der Waals surface area (Å²) in [5.41, 5.74) is 4.97. The summed E-state index contributed by atoms with van der Waals surface area (Å²) in [6.07, 6.45) is 0.620. The zero-order valence-corrected chi connectivity index (χ0v) is 14.6. The average Bonchev–Trinajstić information content (AvgIpc) is 2.86. The van der Waals surface area contributed by atoms with Crippen LogP contribution in [0.25, 0.3) is 11.1 Å². The molecule has 0 radical (unpaired) electrons. The highest BCUT2D eigenvalue weighted by molar-refractivity contribution is 5.79. The molecule has 0 saturated carbocycles. The zero-order chi connectivity index (χ0) is 17.1. The van der Waals surface area contributed by atoms with E-state index in [-0.39, 0.29) is 18.1 Å². The summed E-state index contributed by atoms with van der Waals surface area (Å²) in [5, 5.41) is 2.92. The summed E-state index contributed by atoms with van der Waals surface area (Å²) in [4.78, 5) is 12.1. The molecule has 0 unspecified atom stereocenters. The third-order valence-electron chi connectivity index (χ3n) is 4.53. The maximum Gasteiger partial charge on any atom is 0.407 e. The van der Waals surface area contributed by atoms with Crippen molar-refractivity contribution in [3.63, 3.8) is 0 Å². The highest BCUT2D eigenvalue weighted by Gasteiger charge is 2.29. The molecular formula is C21H25NO2. The molecule has 0 spiro atoms. The van der Waals surface area contributed by atoms with Gasteiger partial charge in [0.1, 0.15) is 6.61 Å². The second kappa shape index (κ2) is 7.08. The number of ether oxygens (including phenoxy) is 1. The van der Waals surface area contributed by atoms with Crippen molar-refractivity contribution in [1.29, 1.82) is 0 Å². The molecule has 24 heavy (non-hydrogen) atoms. The van der Waals surface area contributed by atoms with E-state index in [4.69, 9.17) is 4.74 Å². The molecule has 3 rings (SSSR count). The second-order valence-electron chi connectivity index (χ2n) is 7.00. The van der Waals surface area contributed by atoms with Gasteiger partial charge in [0.05, 0.1) is 0 Å². The minimum Gasteiger partial charge on any atom is -0.449 e. The van der Waals surface area contributed by atoms with Crippen molar-refractivity contribution >= 4 is 6.09 Å². The minimum absolute atomic E-state index is 0.114. The van der Waals surface area contributed by atoms with Crippen LogP contribution in [0.5, 0.6) is 0 Å². The van der Waals surface area contributed by atoms with Gasteiger partial charge in [-0.25, -0.2) is 4.79 Å². The average molecular weight is 323 g/mol. The van der Waals surface area contributed by atoms with Gasteiger partial charge < -0.3 is 10.1 Å². The van der Waals surface area contributed by atoms with Gasteiger partial charge in [-0.15, -0.1) is 0 Å². The van der Waals surface area contributed by atoms with Crippen molar-refractivity contribution in [3.05, 3.63) is 59.7 Å². The molecule has 0 bridgehead atoms. The Bertz CT molecular complexity index is 678. The van der Waals surface area contributed by atoms with Crippen molar-refractivity contribution in [3.8, 4) is 11.1 Å². The normalized spacial score (nSPS) is 14.2. The number of hydrogen-bond donors (Lipinski definition) is 1. The van der Waals surface area contributed by atoms with Crippen LogP contribution in [0.1, 0.15) is 44.2 Å². The molecule has 1 atom stereocenters. The number of carbonyl (C=O) groups excluding carboxylic acids is 1. The highest BCUT2D eigenvalue weighted by Crippen LogP contribution is 2.44. The first-order chi connectivity index (χ1) is 11.6. The molecule has 1 amide bonds. The molecule has 0 fully saturated rings. The molecule has 1 aliphatic rings. The van der Waals surface area contributed by atoms with Crippen LogP contribution in [0.15, 0.2) is 48.5 Å². The van der Waals surface area contributed by atoms with Crippen LogP contribution in [0, 0.1) is 5.92 Å². The van der Waals surface area contributed by atoms with Gasteiger partial charge in [-0.3, -0.25) is 0 Å². The minimum atomic E-state index is -0.329. The quantitative estimate of drug-likeness (QED) is 0.844. The molecule has 1 aliphatic carbocycles. The maximum atomic E-state index is 12.1. The number of fused-ring (bicyclic) bond motifs is 3. The Morgan fingerprint density at radius 3 is 2.08 bits per heavy atom. The Labute approximate surface area is 144 Å². The van der Waals surface area contributed by atoms with E-state index in [1.807, 2.05) is 19.1 Å². The SMILES string of the molecule is CC(C)C[C@H](C)NC(=O)OCC1c2ccccc2-c2ccccc21. The number of nitrogens with one attached hydrogen (secondary N) is 1. The van der Waals surface area contributed by atoms with Gasteiger partial charge >= 0.3 is 6.09 Å². The van der Waals surface area contributed by atoms with Crippen LogP contribution < -0.4 is 5.32 Å². The second-order valence-corrected chi connectivity index (χ2v) is 7.00. The van der Waals surface area contributed by atoms with E-state index in [0.717, 1.165) is 6.42 Å². The molecule has 0 aromatic heterocycles. The fourth-order valence-electron chi connectivity index (χ4n) is 3.61. The van der Waals surface area contributed by atoms with Gasteiger partial charge in [0.25, 0.3) is 0 Å². The van der Waals surface area contributed by atoms with Crippen molar-refractivity contribution in [2.75, 3.05) is 6.61 Å². The Morgan fingerprint density at radius 2 is 1.54 bits per heavy atom. The number of carbonyl (C=O) groups is 1. The number of hydrogen-bond acceptors (Lipinski definition) is 2. The standard InChI is InChI=1S/C21H25NO2/c1-14(2)12-15(3)22-21(23)24-13-20-18-10-6-4-8-16(18)17-9-5-7-11-19(17)20/h4-11,14-15,20H,12-13H2,1-3H3,(H,22,23)/t15-/m0/s1. The smallest absolute Gasteiger partial charge is 0.407 e. The molecule has 3 nitrogen and oxygen atoms in total. The van der Waals surface area contributed by atoms with E-state index in [9.17, 15) is 4.79 Å². The molecule has 0 aliphatic heterocycles. The van der Waals surface area contributed by atoms with Gasteiger partial charge in [-0.1, -0.05) is 62.4 Å². The third-order valence-corrected chi connectivity index (χ3v) is 4.53. The maximum absolute atomic E-state index is 12.1. The fraction of sp³-hybridized carbons (Fsp3) is 0.381. The predicted molar refractivity (Wildman–Crippen MR) is 97.1 cm³/mol. The number of alkyl carbamates (subject to hydrolysis) is 1. The summed E-state index contributed by atoms with van der Waals surface area (Å²) in [7, 11) is 0. The van der Waals surface area contributed by atoms with Gasteiger partial charge in [-0.05, 0) is 41.5 Å². The fourth-order valence-corrected chi connectivity index (χ4v) is 3.61. The van der Waals surface area contributed by atoms with Crippen molar-refractivity contribution in [2.24, 2.45) is 5.92 Å². The largest absolute Gasteiger partial charge is 0.449 e. The van der Waals surface area contributed by atoms with Crippen LogP contribution in [-0.4, -0.2) is 18.7 Å².